The number of ether oxygens (including phenoxy) is 2. The number of nitrogens with zero attached hydrogens (tertiary/aromatic N) is 1. The molecule has 1 aromatic rings. The number of carbonyl (C=O) groups is 2. The third-order valence-electron chi connectivity index (χ3n) is 4.45. The van der Waals surface area contributed by atoms with Crippen molar-refractivity contribution in [1.82, 2.24) is 4.31 Å². The van der Waals surface area contributed by atoms with E-state index in [4.69, 9.17) is 9.47 Å². The first kappa shape index (κ1) is 20.4. The summed E-state index contributed by atoms with van der Waals surface area (Å²) in [5, 5.41) is 0. The Kier molecular flexibility index (Phi) is 6.77. The summed E-state index contributed by atoms with van der Waals surface area (Å²) in [6.45, 7) is 3.71. The van der Waals surface area contributed by atoms with Crippen molar-refractivity contribution in [3.8, 4) is 5.75 Å². The Balaban J connectivity index is 2.36. The molecule has 0 N–H and O–H groups in total. The fourth-order valence-electron chi connectivity index (χ4n) is 2.75. The Morgan fingerprint density at radius 3 is 2.27 bits per heavy atom. The minimum atomic E-state index is -3.71. The minimum absolute atomic E-state index is 0.0163. The highest BCUT2D eigenvalue weighted by Gasteiger charge is 2.28. The lowest BCUT2D eigenvalue weighted by Crippen LogP contribution is -2.32. The number of benzene rings is 1. The fraction of sp³-hybridized carbons (Fsp3) is 0.556. The van der Waals surface area contributed by atoms with Crippen molar-refractivity contribution < 1.29 is 27.5 Å². The van der Waals surface area contributed by atoms with Crippen LogP contribution >= 0.6 is 0 Å². The average Bonchev–Trinajstić information content (AvgIpc) is 2.90. The third-order valence-corrected chi connectivity index (χ3v) is 6.34. The van der Waals surface area contributed by atoms with Crippen molar-refractivity contribution >= 4 is 21.8 Å². The van der Waals surface area contributed by atoms with Crippen LogP contribution in [-0.4, -0.2) is 50.8 Å². The van der Waals surface area contributed by atoms with Crippen molar-refractivity contribution in [2.24, 2.45) is 0 Å². The van der Waals surface area contributed by atoms with Gasteiger partial charge in [0.15, 0.2) is 11.9 Å². The summed E-state index contributed by atoms with van der Waals surface area (Å²) < 4.78 is 37.5. The number of sulfonamides is 1. The number of rotatable bonds is 6. The summed E-state index contributed by atoms with van der Waals surface area (Å²) >= 11 is 0. The first-order chi connectivity index (χ1) is 12.3. The van der Waals surface area contributed by atoms with Gasteiger partial charge in [0.25, 0.3) is 0 Å². The Morgan fingerprint density at radius 2 is 1.73 bits per heavy atom. The highest BCUT2D eigenvalue weighted by Crippen LogP contribution is 2.27. The highest BCUT2D eigenvalue weighted by atomic mass is 32.2. The number of hydrogen-bond acceptors (Lipinski definition) is 6. The van der Waals surface area contributed by atoms with Gasteiger partial charge in [-0.05, 0) is 44.9 Å². The second-order valence-corrected chi connectivity index (χ2v) is 8.28. The normalized spacial score (nSPS) is 17.2. The minimum Gasteiger partial charge on any atom is -0.496 e. The molecule has 1 fully saturated rings. The van der Waals surface area contributed by atoms with E-state index in [0.717, 1.165) is 25.7 Å². The zero-order chi connectivity index (χ0) is 19.3. The first-order valence-electron chi connectivity index (χ1n) is 8.67. The van der Waals surface area contributed by atoms with E-state index < -0.39 is 22.1 Å². The Bertz CT molecular complexity index is 766. The molecule has 0 aliphatic carbocycles. The van der Waals surface area contributed by atoms with Gasteiger partial charge in [-0.25, -0.2) is 13.2 Å². The summed E-state index contributed by atoms with van der Waals surface area (Å²) in [4.78, 5) is 23.7. The molecular weight excluding hydrogens is 358 g/mol. The predicted octanol–water partition coefficient (Wildman–Crippen LogP) is 2.39. The third kappa shape index (κ3) is 4.62. The van der Waals surface area contributed by atoms with Crippen LogP contribution in [0.1, 0.15) is 49.9 Å². The molecule has 0 unspecified atom stereocenters. The Hall–Kier alpha value is -1.93. The molecule has 1 aliphatic heterocycles. The smallest absolute Gasteiger partial charge is 0.342 e. The molecule has 1 heterocycles. The van der Waals surface area contributed by atoms with Crippen LogP contribution in [-0.2, 0) is 19.6 Å². The number of carbonyl (C=O) groups excluding carboxylic acids is 2. The molecule has 1 aromatic carbocycles. The highest BCUT2D eigenvalue weighted by molar-refractivity contribution is 7.89. The van der Waals surface area contributed by atoms with Crippen molar-refractivity contribution in [1.29, 1.82) is 0 Å². The van der Waals surface area contributed by atoms with Gasteiger partial charge < -0.3 is 9.47 Å². The molecule has 1 aliphatic rings. The number of esters is 1. The lowest BCUT2D eigenvalue weighted by molar-refractivity contribution is -0.124. The maximum Gasteiger partial charge on any atom is 0.342 e. The molecule has 7 nitrogen and oxygen atoms in total. The van der Waals surface area contributed by atoms with Crippen molar-refractivity contribution in [2.75, 3.05) is 20.2 Å². The van der Waals surface area contributed by atoms with Crippen molar-refractivity contribution in [2.45, 2.75) is 50.5 Å². The first-order valence-corrected chi connectivity index (χ1v) is 10.1. The van der Waals surface area contributed by atoms with Gasteiger partial charge in [-0.3, -0.25) is 4.79 Å². The lowest BCUT2D eigenvalue weighted by Gasteiger charge is -2.21. The molecule has 26 heavy (non-hydrogen) atoms. The number of hydrogen-bond donors (Lipinski definition) is 0. The van der Waals surface area contributed by atoms with E-state index in [0.29, 0.717) is 13.1 Å². The van der Waals surface area contributed by atoms with Crippen LogP contribution < -0.4 is 4.74 Å². The average molecular weight is 383 g/mol. The van der Waals surface area contributed by atoms with E-state index in [9.17, 15) is 18.0 Å². The van der Waals surface area contributed by atoms with Crippen LogP contribution in [0, 0.1) is 0 Å². The molecule has 0 spiro atoms. The van der Waals surface area contributed by atoms with Crippen LogP contribution in [0.3, 0.4) is 0 Å². The SMILES string of the molecule is COc1ccc(S(=O)(=O)N2CCCCCC2)cc1C(=O)O[C@H](C)C(C)=O. The summed E-state index contributed by atoms with van der Waals surface area (Å²) in [5.41, 5.74) is -0.0171. The second kappa shape index (κ2) is 8.64. The number of Topliss-reactive ketones (excluding diaryl/α,β-unsaturated/α-hetero) is 1. The molecule has 2 rings (SSSR count). The largest absolute Gasteiger partial charge is 0.496 e. The fourth-order valence-corrected chi connectivity index (χ4v) is 4.29. The second-order valence-electron chi connectivity index (χ2n) is 6.34. The van der Waals surface area contributed by atoms with E-state index >= 15 is 0 Å². The zero-order valence-corrected chi connectivity index (χ0v) is 16.2. The Labute approximate surface area is 154 Å². The van der Waals surface area contributed by atoms with Gasteiger partial charge in [0.1, 0.15) is 11.3 Å². The monoisotopic (exact) mass is 383 g/mol. The molecule has 0 saturated carbocycles. The molecule has 1 saturated heterocycles. The van der Waals surface area contributed by atoms with Crippen LogP contribution in [0.2, 0.25) is 0 Å². The molecule has 0 bridgehead atoms. The van der Waals surface area contributed by atoms with Gasteiger partial charge >= 0.3 is 5.97 Å². The summed E-state index contributed by atoms with van der Waals surface area (Å²) in [7, 11) is -2.33. The van der Waals surface area contributed by atoms with Crippen LogP contribution in [0.5, 0.6) is 5.75 Å². The van der Waals surface area contributed by atoms with Gasteiger partial charge in [-0.2, -0.15) is 4.31 Å². The quantitative estimate of drug-likeness (QED) is 0.701. The summed E-state index contributed by atoms with van der Waals surface area (Å²) in [6, 6.07) is 4.11. The number of methoxy groups -OCH3 is 1. The molecule has 8 heteroatoms. The van der Waals surface area contributed by atoms with E-state index in [-0.39, 0.29) is 22.0 Å². The maximum absolute atomic E-state index is 12.9. The maximum atomic E-state index is 12.9. The molecule has 0 amide bonds. The van der Waals surface area contributed by atoms with Gasteiger partial charge in [-0.15, -0.1) is 0 Å². The van der Waals surface area contributed by atoms with Gasteiger partial charge in [-0.1, -0.05) is 12.8 Å². The Morgan fingerprint density at radius 1 is 1.12 bits per heavy atom. The molecule has 144 valence electrons. The van der Waals surface area contributed by atoms with Crippen LogP contribution in [0.4, 0.5) is 0 Å². The lowest BCUT2D eigenvalue weighted by atomic mass is 10.2. The van der Waals surface area contributed by atoms with Crippen molar-refractivity contribution in [3.63, 3.8) is 0 Å². The van der Waals surface area contributed by atoms with Gasteiger partial charge in [0.05, 0.1) is 12.0 Å². The summed E-state index contributed by atoms with van der Waals surface area (Å²) in [6.07, 6.45) is 2.74. The van der Waals surface area contributed by atoms with Crippen LogP contribution in [0.25, 0.3) is 0 Å². The summed E-state index contributed by atoms with van der Waals surface area (Å²) in [5.74, 6) is -0.899. The van der Waals surface area contributed by atoms with Crippen molar-refractivity contribution in [3.05, 3.63) is 23.8 Å². The van der Waals surface area contributed by atoms with E-state index in [1.54, 1.807) is 0 Å². The molecular formula is C18H25NO6S. The zero-order valence-electron chi connectivity index (χ0n) is 15.4. The van der Waals surface area contributed by atoms with Gasteiger partial charge in [0.2, 0.25) is 10.0 Å². The molecule has 0 aromatic heterocycles. The van der Waals surface area contributed by atoms with E-state index in [2.05, 4.69) is 0 Å². The van der Waals surface area contributed by atoms with E-state index in [1.807, 2.05) is 0 Å². The van der Waals surface area contributed by atoms with E-state index in [1.165, 1.54) is 43.5 Å². The molecule has 0 radical (unpaired) electrons. The molecule has 1 atom stereocenters. The topological polar surface area (TPSA) is 90.0 Å². The predicted molar refractivity (Wildman–Crippen MR) is 95.8 cm³/mol. The number of ketones is 1. The van der Waals surface area contributed by atoms with Crippen LogP contribution in [0.15, 0.2) is 23.1 Å². The standard InChI is InChI=1S/C18H25NO6S/c1-13(20)14(2)25-18(21)16-12-15(8-9-17(16)24-3)26(22,23)19-10-6-4-5-7-11-19/h8-9,12,14H,4-7,10-11H2,1-3H3/t14-/m1/s1. The van der Waals surface area contributed by atoms with Gasteiger partial charge in [0, 0.05) is 13.1 Å².